The van der Waals surface area contributed by atoms with E-state index in [1.807, 2.05) is 6.92 Å². The minimum atomic E-state index is -3.18. The van der Waals surface area contributed by atoms with Crippen LogP contribution in [0.2, 0.25) is 0 Å². The molecule has 2 N–H and O–H groups in total. The smallest absolute Gasteiger partial charge is 0.154 e. The van der Waals surface area contributed by atoms with Crippen molar-refractivity contribution < 1.29 is 12.8 Å². The molecule has 5 heteroatoms. The lowest BCUT2D eigenvalue weighted by molar-refractivity contribution is 0.589. The van der Waals surface area contributed by atoms with Gasteiger partial charge in [-0.2, -0.15) is 0 Å². The first-order chi connectivity index (χ1) is 8.48. The Hall–Kier alpha value is -0.940. The first kappa shape index (κ1) is 15.1. The van der Waals surface area contributed by atoms with E-state index in [1.54, 1.807) is 6.07 Å². The number of nitrogens with two attached hydrogens (primary N) is 1. The summed E-state index contributed by atoms with van der Waals surface area (Å²) in [6, 6.07) is 4.11. The summed E-state index contributed by atoms with van der Waals surface area (Å²) in [5.41, 5.74) is 6.69. The van der Waals surface area contributed by atoms with Crippen LogP contribution in [-0.4, -0.2) is 14.2 Å². The van der Waals surface area contributed by atoms with Crippen molar-refractivity contribution in [1.82, 2.24) is 0 Å². The molecule has 0 heterocycles. The average molecular weight is 273 g/mol. The van der Waals surface area contributed by atoms with E-state index in [-0.39, 0.29) is 18.1 Å². The molecule has 3 nitrogen and oxygen atoms in total. The monoisotopic (exact) mass is 273 g/mol. The SMILES string of the molecule is CCCCCS(=O)(=O)Cc1cc(F)ccc1CN. The molecule has 0 aliphatic heterocycles. The predicted octanol–water partition coefficient (Wildman–Crippen LogP) is 2.39. The van der Waals surface area contributed by atoms with Crippen molar-refractivity contribution in [3.05, 3.63) is 35.1 Å². The molecule has 0 saturated carbocycles. The van der Waals surface area contributed by atoms with Crippen LogP contribution in [0.5, 0.6) is 0 Å². The van der Waals surface area contributed by atoms with Crippen molar-refractivity contribution in [2.45, 2.75) is 38.5 Å². The van der Waals surface area contributed by atoms with Crippen LogP contribution in [0, 0.1) is 5.82 Å². The maximum atomic E-state index is 13.1. The van der Waals surface area contributed by atoms with E-state index >= 15 is 0 Å². The Morgan fingerprint density at radius 3 is 2.56 bits per heavy atom. The summed E-state index contributed by atoms with van der Waals surface area (Å²) < 4.78 is 36.9. The summed E-state index contributed by atoms with van der Waals surface area (Å²) in [4.78, 5) is 0. The quantitative estimate of drug-likeness (QED) is 0.776. The lowest BCUT2D eigenvalue weighted by Crippen LogP contribution is -2.12. The summed E-state index contributed by atoms with van der Waals surface area (Å²) in [7, 11) is -3.18. The van der Waals surface area contributed by atoms with E-state index in [0.717, 1.165) is 12.8 Å². The van der Waals surface area contributed by atoms with Gasteiger partial charge < -0.3 is 5.73 Å². The van der Waals surface area contributed by atoms with Crippen molar-refractivity contribution >= 4 is 9.84 Å². The maximum absolute atomic E-state index is 13.1. The Kier molecular flexibility index (Phi) is 5.75. The van der Waals surface area contributed by atoms with Crippen LogP contribution in [0.1, 0.15) is 37.3 Å². The number of benzene rings is 1. The highest BCUT2D eigenvalue weighted by Gasteiger charge is 2.14. The molecule has 0 spiro atoms. The number of halogens is 1. The van der Waals surface area contributed by atoms with Crippen LogP contribution in [0.3, 0.4) is 0 Å². The molecule has 0 aromatic heterocycles. The molecule has 0 aliphatic rings. The van der Waals surface area contributed by atoms with Crippen molar-refractivity contribution in [2.24, 2.45) is 5.73 Å². The molecule has 0 unspecified atom stereocenters. The second-order valence-corrected chi connectivity index (χ2v) is 6.60. The molecule has 1 aromatic carbocycles. The summed E-state index contributed by atoms with van der Waals surface area (Å²) in [6.07, 6.45) is 2.53. The zero-order valence-corrected chi connectivity index (χ0v) is 11.5. The lowest BCUT2D eigenvalue weighted by Gasteiger charge is -2.09. The standard InChI is InChI=1S/C13H20FNO2S/c1-2-3-4-7-18(16,17)10-12-8-13(14)6-5-11(12)9-15/h5-6,8H,2-4,7,9-10,15H2,1H3. The Morgan fingerprint density at radius 2 is 1.94 bits per heavy atom. The molecule has 0 bridgehead atoms. The molecular formula is C13H20FNO2S. The van der Waals surface area contributed by atoms with Gasteiger partial charge in [-0.1, -0.05) is 25.8 Å². The summed E-state index contributed by atoms with van der Waals surface area (Å²) in [5, 5.41) is 0. The Labute approximate surface area is 108 Å². The van der Waals surface area contributed by atoms with E-state index in [4.69, 9.17) is 5.73 Å². The molecule has 0 radical (unpaired) electrons. The van der Waals surface area contributed by atoms with E-state index in [2.05, 4.69) is 0 Å². The first-order valence-electron chi connectivity index (χ1n) is 6.16. The van der Waals surface area contributed by atoms with E-state index in [1.165, 1.54) is 12.1 Å². The van der Waals surface area contributed by atoms with E-state index in [9.17, 15) is 12.8 Å². The van der Waals surface area contributed by atoms with Gasteiger partial charge in [0.2, 0.25) is 0 Å². The molecule has 0 atom stereocenters. The van der Waals surface area contributed by atoms with Gasteiger partial charge in [-0.05, 0) is 29.7 Å². The van der Waals surface area contributed by atoms with Crippen molar-refractivity contribution in [1.29, 1.82) is 0 Å². The van der Waals surface area contributed by atoms with Gasteiger partial charge >= 0.3 is 0 Å². The average Bonchev–Trinajstić information content (AvgIpc) is 2.29. The second-order valence-electron chi connectivity index (χ2n) is 4.42. The molecule has 18 heavy (non-hydrogen) atoms. The summed E-state index contributed by atoms with van der Waals surface area (Å²) in [6.45, 7) is 2.24. The highest BCUT2D eigenvalue weighted by Crippen LogP contribution is 2.15. The molecule has 1 aromatic rings. The number of hydrogen-bond donors (Lipinski definition) is 1. The van der Waals surface area contributed by atoms with Crippen LogP contribution in [0.15, 0.2) is 18.2 Å². The topological polar surface area (TPSA) is 60.2 Å². The summed E-state index contributed by atoms with van der Waals surface area (Å²) >= 11 is 0. The Morgan fingerprint density at radius 1 is 1.22 bits per heavy atom. The fourth-order valence-electron chi connectivity index (χ4n) is 1.81. The van der Waals surface area contributed by atoms with Crippen LogP contribution in [-0.2, 0) is 22.1 Å². The molecule has 0 amide bonds. The van der Waals surface area contributed by atoms with Crippen molar-refractivity contribution in [3.8, 4) is 0 Å². The van der Waals surface area contributed by atoms with Gasteiger partial charge in [0, 0.05) is 6.54 Å². The fraction of sp³-hybridized carbons (Fsp3) is 0.538. The minimum absolute atomic E-state index is 0.124. The van der Waals surface area contributed by atoms with Gasteiger partial charge in [-0.15, -0.1) is 0 Å². The van der Waals surface area contributed by atoms with Gasteiger partial charge in [0.25, 0.3) is 0 Å². The van der Waals surface area contributed by atoms with Crippen LogP contribution < -0.4 is 5.73 Å². The Bertz CT molecular complexity index is 486. The van der Waals surface area contributed by atoms with Crippen LogP contribution in [0.4, 0.5) is 4.39 Å². The largest absolute Gasteiger partial charge is 0.326 e. The number of hydrogen-bond acceptors (Lipinski definition) is 3. The molecule has 0 aliphatic carbocycles. The fourth-order valence-corrected chi connectivity index (χ4v) is 3.34. The number of rotatable bonds is 7. The van der Waals surface area contributed by atoms with E-state index < -0.39 is 15.7 Å². The zero-order valence-electron chi connectivity index (χ0n) is 10.7. The minimum Gasteiger partial charge on any atom is -0.326 e. The van der Waals surface area contributed by atoms with Crippen LogP contribution >= 0.6 is 0 Å². The van der Waals surface area contributed by atoms with Crippen molar-refractivity contribution in [2.75, 3.05) is 5.75 Å². The molecular weight excluding hydrogens is 253 g/mol. The number of unbranched alkanes of at least 4 members (excludes halogenated alkanes) is 2. The van der Waals surface area contributed by atoms with Crippen molar-refractivity contribution in [3.63, 3.8) is 0 Å². The van der Waals surface area contributed by atoms with E-state index in [0.29, 0.717) is 17.5 Å². The summed E-state index contributed by atoms with van der Waals surface area (Å²) in [5.74, 6) is -0.395. The lowest BCUT2D eigenvalue weighted by atomic mass is 10.1. The van der Waals surface area contributed by atoms with Gasteiger partial charge in [0.05, 0.1) is 11.5 Å². The third-order valence-corrected chi connectivity index (χ3v) is 4.48. The van der Waals surface area contributed by atoms with Gasteiger partial charge in [-0.25, -0.2) is 12.8 Å². The van der Waals surface area contributed by atoms with Gasteiger partial charge in [-0.3, -0.25) is 0 Å². The molecule has 1 rings (SSSR count). The first-order valence-corrected chi connectivity index (χ1v) is 7.98. The Balaban J connectivity index is 2.79. The van der Waals surface area contributed by atoms with Crippen LogP contribution in [0.25, 0.3) is 0 Å². The highest BCUT2D eigenvalue weighted by molar-refractivity contribution is 7.90. The second kappa shape index (κ2) is 6.85. The third kappa shape index (κ3) is 4.74. The van der Waals surface area contributed by atoms with Gasteiger partial charge in [0.1, 0.15) is 5.82 Å². The molecule has 102 valence electrons. The molecule has 0 fully saturated rings. The van der Waals surface area contributed by atoms with Gasteiger partial charge in [0.15, 0.2) is 9.84 Å². The zero-order chi connectivity index (χ0) is 13.6. The normalized spacial score (nSPS) is 11.7. The molecule has 0 saturated heterocycles. The highest BCUT2D eigenvalue weighted by atomic mass is 32.2. The number of sulfone groups is 1. The predicted molar refractivity (Wildman–Crippen MR) is 71.3 cm³/mol. The maximum Gasteiger partial charge on any atom is 0.154 e. The third-order valence-electron chi connectivity index (χ3n) is 2.82.